The lowest BCUT2D eigenvalue weighted by Gasteiger charge is -2.35. The summed E-state index contributed by atoms with van der Waals surface area (Å²) in [4.78, 5) is 39.6. The number of carbonyl (C=O) groups excluding carboxylic acids is 3. The molecule has 0 aliphatic carbocycles. The van der Waals surface area contributed by atoms with Gasteiger partial charge in [-0.15, -0.1) is 0 Å². The van der Waals surface area contributed by atoms with Crippen molar-refractivity contribution in [2.45, 2.75) is 26.5 Å². The Balaban J connectivity index is 1.52. The number of carbonyl (C=O) groups is 3. The maximum atomic E-state index is 12.5. The van der Waals surface area contributed by atoms with Gasteiger partial charge in [0.05, 0.1) is 12.1 Å². The Morgan fingerprint density at radius 3 is 2.29 bits per heavy atom. The highest BCUT2D eigenvalue weighted by atomic mass is 16.5. The molecule has 8 nitrogen and oxygen atoms in total. The molecule has 1 aromatic carbocycles. The molecule has 1 fully saturated rings. The van der Waals surface area contributed by atoms with E-state index in [9.17, 15) is 14.4 Å². The average Bonchev–Trinajstić information content (AvgIpc) is 3.21. The monoisotopic (exact) mass is 384 g/mol. The van der Waals surface area contributed by atoms with Crippen LogP contribution in [0.2, 0.25) is 0 Å². The smallest absolute Gasteiger partial charge is 0.338 e. The Bertz CT molecular complexity index is 824. The number of hydrogen-bond donors (Lipinski definition) is 0. The van der Waals surface area contributed by atoms with Crippen molar-refractivity contribution in [3.05, 3.63) is 53.9 Å². The first kappa shape index (κ1) is 19.6. The van der Waals surface area contributed by atoms with Gasteiger partial charge < -0.3 is 14.5 Å². The summed E-state index contributed by atoms with van der Waals surface area (Å²) in [5, 5.41) is 4.15. The highest BCUT2D eigenvalue weighted by Gasteiger charge is 2.28. The molecule has 28 heavy (non-hydrogen) atoms. The molecule has 0 spiro atoms. The van der Waals surface area contributed by atoms with Crippen molar-refractivity contribution in [3.8, 4) is 0 Å². The number of piperazine rings is 1. The summed E-state index contributed by atoms with van der Waals surface area (Å²) < 4.78 is 7.13. The molecule has 2 amide bonds. The highest BCUT2D eigenvalue weighted by Crippen LogP contribution is 2.11. The van der Waals surface area contributed by atoms with Gasteiger partial charge in [0.1, 0.15) is 0 Å². The van der Waals surface area contributed by atoms with E-state index in [1.807, 2.05) is 24.4 Å². The molecule has 1 saturated heterocycles. The predicted octanol–water partition coefficient (Wildman–Crippen LogP) is 1.17. The zero-order valence-electron chi connectivity index (χ0n) is 16.1. The summed E-state index contributed by atoms with van der Waals surface area (Å²) >= 11 is 0. The van der Waals surface area contributed by atoms with Crippen molar-refractivity contribution in [2.75, 3.05) is 26.2 Å². The highest BCUT2D eigenvalue weighted by molar-refractivity contribution is 5.92. The van der Waals surface area contributed by atoms with Gasteiger partial charge in [-0.2, -0.15) is 5.10 Å². The van der Waals surface area contributed by atoms with E-state index in [0.717, 1.165) is 5.56 Å². The fourth-order valence-corrected chi connectivity index (χ4v) is 3.11. The van der Waals surface area contributed by atoms with Gasteiger partial charge in [-0.05, 0) is 30.7 Å². The van der Waals surface area contributed by atoms with Crippen molar-refractivity contribution in [3.63, 3.8) is 0 Å². The molecule has 2 heterocycles. The predicted molar refractivity (Wildman–Crippen MR) is 101 cm³/mol. The number of hydrogen-bond acceptors (Lipinski definition) is 5. The first-order valence-corrected chi connectivity index (χ1v) is 9.25. The van der Waals surface area contributed by atoms with Crippen LogP contribution in [-0.4, -0.2) is 69.6 Å². The van der Waals surface area contributed by atoms with Crippen molar-refractivity contribution in [2.24, 2.45) is 0 Å². The Morgan fingerprint density at radius 2 is 1.71 bits per heavy atom. The van der Waals surface area contributed by atoms with Crippen LogP contribution in [0.1, 0.15) is 29.8 Å². The third-order valence-electron chi connectivity index (χ3n) is 4.76. The quantitative estimate of drug-likeness (QED) is 0.723. The minimum atomic E-state index is -0.875. The second-order valence-corrected chi connectivity index (χ2v) is 6.78. The molecule has 148 valence electrons. The number of amides is 2. The fraction of sp³-hybridized carbons (Fsp3) is 0.400. The maximum absolute atomic E-state index is 12.5. The first-order valence-electron chi connectivity index (χ1n) is 9.25. The van der Waals surface area contributed by atoms with Crippen LogP contribution in [0.3, 0.4) is 0 Å². The van der Waals surface area contributed by atoms with Crippen molar-refractivity contribution in [1.29, 1.82) is 0 Å². The molecule has 0 radical (unpaired) electrons. The zero-order valence-corrected chi connectivity index (χ0v) is 16.1. The minimum absolute atomic E-state index is 0.00239. The van der Waals surface area contributed by atoms with Crippen LogP contribution in [-0.2, 0) is 20.9 Å². The molecule has 2 aromatic rings. The Morgan fingerprint density at radius 1 is 1.07 bits per heavy atom. The molecular formula is C20H24N4O4. The van der Waals surface area contributed by atoms with Crippen LogP contribution >= 0.6 is 0 Å². The summed E-state index contributed by atoms with van der Waals surface area (Å²) in [6, 6.07) is 8.90. The second-order valence-electron chi connectivity index (χ2n) is 6.78. The summed E-state index contributed by atoms with van der Waals surface area (Å²) in [7, 11) is 0. The minimum Gasteiger partial charge on any atom is -0.449 e. The number of rotatable bonds is 5. The van der Waals surface area contributed by atoms with Gasteiger partial charge in [0.2, 0.25) is 5.91 Å². The summed E-state index contributed by atoms with van der Waals surface area (Å²) in [5.41, 5.74) is 1.40. The molecule has 1 aliphatic rings. The third kappa shape index (κ3) is 4.76. The van der Waals surface area contributed by atoms with Gasteiger partial charge in [0.15, 0.2) is 6.10 Å². The number of aromatic nitrogens is 2. The molecule has 8 heteroatoms. The summed E-state index contributed by atoms with van der Waals surface area (Å²) in [6.45, 7) is 5.60. The lowest BCUT2D eigenvalue weighted by atomic mass is 10.1. The largest absolute Gasteiger partial charge is 0.449 e. The van der Waals surface area contributed by atoms with Gasteiger partial charge in [-0.3, -0.25) is 14.3 Å². The molecule has 0 saturated carbocycles. The van der Waals surface area contributed by atoms with Gasteiger partial charge in [-0.1, -0.05) is 12.1 Å². The molecule has 1 aromatic heterocycles. The third-order valence-corrected chi connectivity index (χ3v) is 4.76. The number of nitrogens with zero attached hydrogens (tertiary/aromatic N) is 4. The van der Waals surface area contributed by atoms with Crippen LogP contribution in [0.25, 0.3) is 0 Å². The maximum Gasteiger partial charge on any atom is 0.338 e. The lowest BCUT2D eigenvalue weighted by molar-refractivity contribution is -0.144. The van der Waals surface area contributed by atoms with E-state index >= 15 is 0 Å². The summed E-state index contributed by atoms with van der Waals surface area (Å²) in [5.74, 6) is -0.775. The van der Waals surface area contributed by atoms with E-state index in [2.05, 4.69) is 5.10 Å². The summed E-state index contributed by atoms with van der Waals surface area (Å²) in [6.07, 6.45) is 2.70. The standard InChI is InChI=1S/C20H24N4O4/c1-15(19(26)23-12-10-22(11-13-23)16(2)25)28-20(27)18-6-4-17(5-7-18)14-24-9-3-8-21-24/h3-9,15H,10-14H2,1-2H3. The fourth-order valence-electron chi connectivity index (χ4n) is 3.11. The van der Waals surface area contributed by atoms with Crippen LogP contribution < -0.4 is 0 Å². The van der Waals surface area contributed by atoms with E-state index in [-0.39, 0.29) is 11.8 Å². The Hall–Kier alpha value is -3.16. The number of benzene rings is 1. The van der Waals surface area contributed by atoms with Gasteiger partial charge >= 0.3 is 5.97 Å². The van der Waals surface area contributed by atoms with E-state index in [0.29, 0.717) is 38.3 Å². The van der Waals surface area contributed by atoms with Crippen molar-refractivity contribution in [1.82, 2.24) is 19.6 Å². The van der Waals surface area contributed by atoms with Crippen LogP contribution in [0.5, 0.6) is 0 Å². The average molecular weight is 384 g/mol. The topological polar surface area (TPSA) is 84.7 Å². The van der Waals surface area contributed by atoms with Crippen molar-refractivity contribution < 1.29 is 19.1 Å². The first-order chi connectivity index (χ1) is 13.4. The van der Waals surface area contributed by atoms with E-state index in [1.54, 1.807) is 39.7 Å². The van der Waals surface area contributed by atoms with Crippen LogP contribution in [0.4, 0.5) is 0 Å². The van der Waals surface area contributed by atoms with E-state index < -0.39 is 12.1 Å². The van der Waals surface area contributed by atoms with E-state index in [4.69, 9.17) is 4.74 Å². The van der Waals surface area contributed by atoms with Crippen LogP contribution in [0, 0.1) is 0 Å². The number of ether oxygens (including phenoxy) is 1. The SMILES string of the molecule is CC(=O)N1CCN(C(=O)C(C)OC(=O)c2ccc(Cn3cccn3)cc2)CC1. The molecule has 1 unspecified atom stereocenters. The van der Waals surface area contributed by atoms with Gasteiger partial charge in [0.25, 0.3) is 5.91 Å². The molecule has 1 aliphatic heterocycles. The zero-order chi connectivity index (χ0) is 20.1. The van der Waals surface area contributed by atoms with Crippen molar-refractivity contribution >= 4 is 17.8 Å². The Kier molecular flexibility index (Phi) is 6.08. The molecule has 0 N–H and O–H groups in total. The Labute approximate surface area is 163 Å². The van der Waals surface area contributed by atoms with Crippen LogP contribution in [0.15, 0.2) is 42.7 Å². The van der Waals surface area contributed by atoms with Gasteiger partial charge in [-0.25, -0.2) is 4.79 Å². The molecule has 0 bridgehead atoms. The molecule has 3 rings (SSSR count). The van der Waals surface area contributed by atoms with E-state index in [1.165, 1.54) is 6.92 Å². The number of esters is 1. The normalized spacial score (nSPS) is 15.2. The van der Waals surface area contributed by atoms with Gasteiger partial charge in [0, 0.05) is 45.5 Å². The molecular weight excluding hydrogens is 360 g/mol. The second kappa shape index (κ2) is 8.69. The molecule has 1 atom stereocenters. The lowest BCUT2D eigenvalue weighted by Crippen LogP contribution is -2.52.